The molecule has 0 amide bonds. The lowest BCUT2D eigenvalue weighted by Crippen LogP contribution is -2.35. The minimum Gasteiger partial charge on any atom is -0.462 e. The summed E-state index contributed by atoms with van der Waals surface area (Å²) in [6, 6.07) is 0. The molecule has 3 aliphatic rings. The number of carbonyl (C=O) groups is 2. The van der Waals surface area contributed by atoms with Crippen LogP contribution < -0.4 is 0 Å². The van der Waals surface area contributed by atoms with Gasteiger partial charge in [-0.3, -0.25) is 4.79 Å². The van der Waals surface area contributed by atoms with E-state index in [1.165, 1.54) is 0 Å². The number of aliphatic hydroxyl groups excluding tert-OH is 1. The highest BCUT2D eigenvalue weighted by Gasteiger charge is 2.63. The molecule has 5 heteroatoms. The van der Waals surface area contributed by atoms with Gasteiger partial charge in [-0.15, -0.1) is 0 Å². The highest BCUT2D eigenvalue weighted by Crippen LogP contribution is 2.55. The van der Waals surface area contributed by atoms with E-state index >= 15 is 0 Å². The standard InChI is InChI=1S/C12H14O5/c1-5(4-13)11(14)17-10-6-2-7-8(3-6)16-12(15)9(7)10/h6-10,13H,1-4H2. The van der Waals surface area contributed by atoms with Gasteiger partial charge in [-0.05, 0) is 12.8 Å². The first-order chi connectivity index (χ1) is 8.11. The quantitative estimate of drug-likeness (QED) is 0.554. The van der Waals surface area contributed by atoms with Gasteiger partial charge in [-0.1, -0.05) is 6.58 Å². The van der Waals surface area contributed by atoms with Gasteiger partial charge in [0.2, 0.25) is 0 Å². The largest absolute Gasteiger partial charge is 0.462 e. The zero-order chi connectivity index (χ0) is 12.2. The van der Waals surface area contributed by atoms with Crippen molar-refractivity contribution in [1.29, 1.82) is 0 Å². The second-order valence-corrected chi connectivity index (χ2v) is 5.03. The normalized spacial score (nSPS) is 41.5. The van der Waals surface area contributed by atoms with Crippen molar-refractivity contribution in [2.75, 3.05) is 6.61 Å². The van der Waals surface area contributed by atoms with Crippen LogP contribution in [0.2, 0.25) is 0 Å². The zero-order valence-corrected chi connectivity index (χ0v) is 9.30. The molecule has 0 aromatic rings. The van der Waals surface area contributed by atoms with Crippen LogP contribution in [0.1, 0.15) is 12.8 Å². The molecule has 5 atom stereocenters. The zero-order valence-electron chi connectivity index (χ0n) is 9.30. The maximum atomic E-state index is 11.6. The average Bonchev–Trinajstić information content (AvgIpc) is 2.89. The van der Waals surface area contributed by atoms with Crippen molar-refractivity contribution in [2.24, 2.45) is 17.8 Å². The fraction of sp³-hybridized carbons (Fsp3) is 0.667. The second-order valence-electron chi connectivity index (χ2n) is 5.03. The van der Waals surface area contributed by atoms with E-state index in [4.69, 9.17) is 14.6 Å². The number of carbonyl (C=O) groups excluding carboxylic acids is 2. The van der Waals surface area contributed by atoms with E-state index in [-0.39, 0.29) is 41.5 Å². The minimum atomic E-state index is -0.610. The Morgan fingerprint density at radius 3 is 3.00 bits per heavy atom. The molecule has 1 aliphatic heterocycles. The fourth-order valence-electron chi connectivity index (χ4n) is 3.37. The molecule has 2 aliphatic carbocycles. The first kappa shape index (κ1) is 10.8. The molecule has 5 nitrogen and oxygen atoms in total. The van der Waals surface area contributed by atoms with Gasteiger partial charge < -0.3 is 14.6 Å². The van der Waals surface area contributed by atoms with Crippen molar-refractivity contribution in [3.05, 3.63) is 12.2 Å². The maximum absolute atomic E-state index is 11.6. The van der Waals surface area contributed by atoms with Crippen LogP contribution in [0.5, 0.6) is 0 Å². The number of hydrogen-bond donors (Lipinski definition) is 1. The summed E-state index contributed by atoms with van der Waals surface area (Å²) in [6.45, 7) is 3.00. The van der Waals surface area contributed by atoms with Gasteiger partial charge >= 0.3 is 11.9 Å². The van der Waals surface area contributed by atoms with Crippen LogP contribution in [0.15, 0.2) is 12.2 Å². The summed E-state index contributed by atoms with van der Waals surface area (Å²) >= 11 is 0. The van der Waals surface area contributed by atoms with Gasteiger partial charge in [0.15, 0.2) is 0 Å². The van der Waals surface area contributed by atoms with Crippen LogP contribution in [0.25, 0.3) is 0 Å². The van der Waals surface area contributed by atoms with Gasteiger partial charge in [0, 0.05) is 11.8 Å². The molecule has 17 heavy (non-hydrogen) atoms. The lowest BCUT2D eigenvalue weighted by molar-refractivity contribution is -0.153. The second kappa shape index (κ2) is 3.57. The smallest absolute Gasteiger partial charge is 0.336 e. The summed E-state index contributed by atoms with van der Waals surface area (Å²) in [5.74, 6) is -0.715. The van der Waals surface area contributed by atoms with E-state index in [1.807, 2.05) is 0 Å². The minimum absolute atomic E-state index is 0.0238. The third-order valence-electron chi connectivity index (χ3n) is 4.13. The Labute approximate surface area is 98.4 Å². The van der Waals surface area contributed by atoms with E-state index in [1.54, 1.807) is 0 Å². The van der Waals surface area contributed by atoms with Crippen LogP contribution in [0.4, 0.5) is 0 Å². The van der Waals surface area contributed by atoms with Crippen molar-refractivity contribution in [3.63, 3.8) is 0 Å². The molecule has 0 radical (unpaired) electrons. The van der Waals surface area contributed by atoms with Gasteiger partial charge in [-0.2, -0.15) is 0 Å². The number of esters is 2. The van der Waals surface area contributed by atoms with Crippen molar-refractivity contribution in [1.82, 2.24) is 0 Å². The summed E-state index contributed by atoms with van der Waals surface area (Å²) in [6.07, 6.45) is 1.33. The maximum Gasteiger partial charge on any atom is 0.336 e. The molecule has 2 saturated carbocycles. The molecule has 0 aromatic carbocycles. The summed E-state index contributed by atoms with van der Waals surface area (Å²) in [5.41, 5.74) is 0.0238. The Hall–Kier alpha value is -1.36. The highest BCUT2D eigenvalue weighted by atomic mass is 16.6. The number of hydrogen-bond acceptors (Lipinski definition) is 5. The van der Waals surface area contributed by atoms with Crippen LogP contribution in [0.3, 0.4) is 0 Å². The van der Waals surface area contributed by atoms with E-state index in [0.29, 0.717) is 0 Å². The van der Waals surface area contributed by atoms with Crippen LogP contribution in [-0.2, 0) is 19.1 Å². The first-order valence-corrected chi connectivity index (χ1v) is 5.82. The van der Waals surface area contributed by atoms with Crippen LogP contribution >= 0.6 is 0 Å². The molecule has 1 saturated heterocycles. The summed E-state index contributed by atoms with van der Waals surface area (Å²) in [4.78, 5) is 23.2. The lowest BCUT2D eigenvalue weighted by atomic mass is 9.87. The lowest BCUT2D eigenvalue weighted by Gasteiger charge is -2.24. The Bertz CT molecular complexity index is 400. The summed E-state index contributed by atoms with van der Waals surface area (Å²) in [5, 5.41) is 8.80. The molecule has 3 rings (SSSR count). The third kappa shape index (κ3) is 1.42. The van der Waals surface area contributed by atoms with Crippen molar-refractivity contribution >= 4 is 11.9 Å². The topological polar surface area (TPSA) is 72.8 Å². The van der Waals surface area contributed by atoms with E-state index in [2.05, 4.69) is 6.58 Å². The van der Waals surface area contributed by atoms with Crippen molar-refractivity contribution in [2.45, 2.75) is 25.0 Å². The molecule has 2 bridgehead atoms. The molecule has 0 aromatic heterocycles. The van der Waals surface area contributed by atoms with E-state index in [0.717, 1.165) is 12.8 Å². The number of rotatable bonds is 3. The molecular weight excluding hydrogens is 224 g/mol. The van der Waals surface area contributed by atoms with Gasteiger partial charge in [0.25, 0.3) is 0 Å². The SMILES string of the molecule is C=C(CO)C(=O)OC1C2CC3OC(=O)C1C3C2. The monoisotopic (exact) mass is 238 g/mol. The average molecular weight is 238 g/mol. The van der Waals surface area contributed by atoms with E-state index < -0.39 is 12.6 Å². The van der Waals surface area contributed by atoms with Gasteiger partial charge in [0.1, 0.15) is 18.1 Å². The summed E-state index contributed by atoms with van der Waals surface area (Å²) in [7, 11) is 0. The van der Waals surface area contributed by atoms with Gasteiger partial charge in [0.05, 0.1) is 12.2 Å². The van der Waals surface area contributed by atoms with Crippen molar-refractivity contribution < 1.29 is 24.2 Å². The molecule has 1 heterocycles. The fourth-order valence-corrected chi connectivity index (χ4v) is 3.37. The highest BCUT2D eigenvalue weighted by molar-refractivity contribution is 5.88. The molecule has 92 valence electrons. The first-order valence-electron chi connectivity index (χ1n) is 5.82. The Kier molecular flexibility index (Phi) is 2.26. The van der Waals surface area contributed by atoms with Gasteiger partial charge in [-0.25, -0.2) is 4.79 Å². The summed E-state index contributed by atoms with van der Waals surface area (Å²) < 4.78 is 10.5. The molecule has 1 N–H and O–H groups in total. The molecule has 0 spiro atoms. The molecular formula is C12H14O5. The predicted molar refractivity (Wildman–Crippen MR) is 55.7 cm³/mol. The Balaban J connectivity index is 1.75. The molecule has 5 unspecified atom stereocenters. The number of aliphatic hydroxyl groups is 1. The predicted octanol–water partition coefficient (Wildman–Crippen LogP) is 0.0281. The Morgan fingerprint density at radius 2 is 2.29 bits per heavy atom. The third-order valence-corrected chi connectivity index (χ3v) is 4.13. The van der Waals surface area contributed by atoms with Crippen molar-refractivity contribution in [3.8, 4) is 0 Å². The number of ether oxygens (including phenoxy) is 2. The number of fused-ring (bicyclic) bond motifs is 1. The van der Waals surface area contributed by atoms with Crippen LogP contribution in [-0.4, -0.2) is 35.9 Å². The molecule has 3 fully saturated rings. The Morgan fingerprint density at radius 1 is 1.53 bits per heavy atom. The van der Waals surface area contributed by atoms with E-state index in [9.17, 15) is 9.59 Å². The van der Waals surface area contributed by atoms with Crippen LogP contribution in [0, 0.1) is 17.8 Å².